The zero-order chi connectivity index (χ0) is 16.0. The molecule has 0 unspecified atom stereocenters. The van der Waals surface area contributed by atoms with Crippen LogP contribution in [0.1, 0.15) is 52.4 Å². The average Bonchev–Trinajstić information content (AvgIpc) is 2.96. The molecule has 6 heteroatoms. The number of nitrogens with zero attached hydrogens (tertiary/aromatic N) is 3. The van der Waals surface area contributed by atoms with Crippen molar-refractivity contribution in [2.45, 2.75) is 63.5 Å². The van der Waals surface area contributed by atoms with Gasteiger partial charge in [0, 0.05) is 11.7 Å². The Morgan fingerprint density at radius 1 is 1.36 bits per heavy atom. The van der Waals surface area contributed by atoms with E-state index in [4.69, 9.17) is 0 Å². The topological polar surface area (TPSA) is 70.7 Å². The maximum Gasteiger partial charge on any atom is 0.247 e. The Morgan fingerprint density at radius 3 is 2.41 bits per heavy atom. The van der Waals surface area contributed by atoms with Gasteiger partial charge in [-0.3, -0.25) is 9.48 Å². The number of nitriles is 1. The van der Waals surface area contributed by atoms with Crippen molar-refractivity contribution in [2.24, 2.45) is 5.41 Å². The number of carbonyl (C=O) groups excluding carboxylic acids is 1. The molecule has 2 bridgehead atoms. The summed E-state index contributed by atoms with van der Waals surface area (Å²) < 4.78 is 2.75. The van der Waals surface area contributed by atoms with Crippen molar-refractivity contribution < 1.29 is 4.79 Å². The van der Waals surface area contributed by atoms with Crippen molar-refractivity contribution in [1.29, 1.82) is 5.26 Å². The molecule has 3 saturated carbocycles. The van der Waals surface area contributed by atoms with Crippen molar-refractivity contribution in [2.75, 3.05) is 0 Å². The molecule has 3 aliphatic carbocycles. The number of aromatic nitrogens is 2. The lowest BCUT2D eigenvalue weighted by atomic mass is 9.58. The Bertz CT molecular complexity index is 618. The molecule has 0 radical (unpaired) electrons. The van der Waals surface area contributed by atoms with Crippen molar-refractivity contribution >= 4 is 28.5 Å². The third-order valence-electron chi connectivity index (χ3n) is 5.54. The van der Waals surface area contributed by atoms with E-state index < -0.39 is 5.54 Å². The van der Waals surface area contributed by atoms with Crippen molar-refractivity contribution in [3.05, 3.63) is 16.0 Å². The second kappa shape index (κ2) is 5.22. The molecule has 0 atom stereocenters. The summed E-state index contributed by atoms with van der Waals surface area (Å²) in [6, 6.07) is 2.51. The molecule has 1 amide bonds. The molecule has 0 saturated heterocycles. The Labute approximate surface area is 144 Å². The van der Waals surface area contributed by atoms with Gasteiger partial charge >= 0.3 is 0 Å². The van der Waals surface area contributed by atoms with Gasteiger partial charge in [-0.25, -0.2) is 0 Å². The molecule has 0 aliphatic heterocycles. The fraction of sp³-hybridized carbons (Fsp3) is 0.688. The van der Waals surface area contributed by atoms with Crippen LogP contribution in [0.25, 0.3) is 0 Å². The number of fused-ring (bicyclic) bond motifs is 3. The van der Waals surface area contributed by atoms with Crippen molar-refractivity contribution in [3.63, 3.8) is 0 Å². The van der Waals surface area contributed by atoms with Gasteiger partial charge in [-0.15, -0.1) is 0 Å². The van der Waals surface area contributed by atoms with Crippen molar-refractivity contribution in [1.82, 2.24) is 15.1 Å². The first-order valence-electron chi connectivity index (χ1n) is 7.76. The van der Waals surface area contributed by atoms with Crippen LogP contribution in [0.15, 0.2) is 12.4 Å². The van der Waals surface area contributed by atoms with Crippen LogP contribution in [-0.2, 0) is 10.3 Å². The predicted molar refractivity (Wildman–Crippen MR) is 90.9 cm³/mol. The highest BCUT2D eigenvalue weighted by Gasteiger charge is 2.50. The van der Waals surface area contributed by atoms with Gasteiger partial charge in [-0.2, -0.15) is 10.4 Å². The second-order valence-electron chi connectivity index (χ2n) is 7.29. The van der Waals surface area contributed by atoms with E-state index in [9.17, 15) is 10.1 Å². The molecule has 1 N–H and O–H groups in total. The summed E-state index contributed by atoms with van der Waals surface area (Å²) >= 11 is 2.20. The highest BCUT2D eigenvalue weighted by Crippen LogP contribution is 2.52. The van der Waals surface area contributed by atoms with Gasteiger partial charge in [0.2, 0.25) is 5.91 Å². The van der Waals surface area contributed by atoms with Crippen LogP contribution in [0.5, 0.6) is 0 Å². The zero-order valence-electron chi connectivity index (χ0n) is 13.0. The maximum atomic E-state index is 12.8. The quantitative estimate of drug-likeness (QED) is 0.777. The second-order valence-corrected chi connectivity index (χ2v) is 8.53. The first kappa shape index (κ1) is 15.8. The fourth-order valence-corrected chi connectivity index (χ4v) is 4.03. The van der Waals surface area contributed by atoms with Gasteiger partial charge in [0.1, 0.15) is 5.54 Å². The van der Waals surface area contributed by atoms with Gasteiger partial charge < -0.3 is 5.32 Å². The number of hydrogen-bond acceptors (Lipinski definition) is 3. The van der Waals surface area contributed by atoms with Crippen LogP contribution in [0, 0.1) is 20.3 Å². The van der Waals surface area contributed by atoms with Crippen LogP contribution in [0.4, 0.5) is 0 Å². The highest BCUT2D eigenvalue weighted by molar-refractivity contribution is 14.1. The molecule has 1 heterocycles. The molecule has 118 valence electrons. The van der Waals surface area contributed by atoms with Gasteiger partial charge in [0.05, 0.1) is 21.3 Å². The minimum atomic E-state index is -0.709. The van der Waals surface area contributed by atoms with E-state index in [-0.39, 0.29) is 16.9 Å². The van der Waals surface area contributed by atoms with Gasteiger partial charge in [-0.1, -0.05) is 0 Å². The third kappa shape index (κ3) is 2.53. The largest absolute Gasteiger partial charge is 0.349 e. The Morgan fingerprint density at radius 2 is 1.95 bits per heavy atom. The summed E-state index contributed by atoms with van der Waals surface area (Å²) in [5.74, 6) is 0.0124. The predicted octanol–water partition coefficient (Wildman–Crippen LogP) is 2.96. The Kier molecular flexibility index (Phi) is 3.75. The van der Waals surface area contributed by atoms with Crippen LogP contribution in [0.2, 0.25) is 0 Å². The number of hydrogen-bond donors (Lipinski definition) is 1. The molecular formula is C16H21IN4O. The number of amides is 1. The average molecular weight is 412 g/mol. The number of nitrogens with one attached hydrogen (secondary N) is 1. The highest BCUT2D eigenvalue weighted by atomic mass is 127. The lowest BCUT2D eigenvalue weighted by molar-refractivity contribution is -0.132. The smallest absolute Gasteiger partial charge is 0.247 e. The molecule has 0 aromatic carbocycles. The molecule has 1 aromatic rings. The SMILES string of the molecule is CC(C)(C(=O)NC12CCC(C#N)(CC1)CC2)n1cc(I)cn1. The summed E-state index contributed by atoms with van der Waals surface area (Å²) in [5.41, 5.74) is -0.952. The van der Waals surface area contributed by atoms with Gasteiger partial charge in [-0.05, 0) is 75.0 Å². The lowest BCUT2D eigenvalue weighted by Crippen LogP contribution is -2.60. The first-order chi connectivity index (χ1) is 10.3. The minimum absolute atomic E-state index is 0.0124. The van der Waals surface area contributed by atoms with E-state index in [2.05, 4.69) is 39.1 Å². The molecular weight excluding hydrogens is 391 g/mol. The van der Waals surface area contributed by atoms with Crippen molar-refractivity contribution in [3.8, 4) is 6.07 Å². The van der Waals surface area contributed by atoms with Crippen LogP contribution in [-0.4, -0.2) is 21.2 Å². The van der Waals surface area contributed by atoms with E-state index in [1.807, 2.05) is 20.0 Å². The number of carbonyl (C=O) groups is 1. The summed E-state index contributed by atoms with van der Waals surface area (Å²) in [4.78, 5) is 12.8. The van der Waals surface area contributed by atoms with Gasteiger partial charge in [0.25, 0.3) is 0 Å². The summed E-state index contributed by atoms with van der Waals surface area (Å²) in [7, 11) is 0. The third-order valence-corrected chi connectivity index (χ3v) is 6.10. The summed E-state index contributed by atoms with van der Waals surface area (Å²) in [5, 5.41) is 16.9. The standard InChI is InChI=1S/C16H21IN4O/c1-14(2,21-10-12(17)9-19-21)13(22)20-16-6-3-15(11-18,4-7-16)5-8-16/h9-10H,3-8H2,1-2H3,(H,20,22). The molecule has 5 nitrogen and oxygen atoms in total. The van der Waals surface area contributed by atoms with E-state index >= 15 is 0 Å². The molecule has 0 spiro atoms. The van der Waals surface area contributed by atoms with Crippen LogP contribution in [0.3, 0.4) is 0 Å². The number of halogens is 1. The Hall–Kier alpha value is -1.10. The summed E-state index contributed by atoms with van der Waals surface area (Å²) in [6.45, 7) is 3.79. The minimum Gasteiger partial charge on any atom is -0.349 e. The monoisotopic (exact) mass is 412 g/mol. The maximum absolute atomic E-state index is 12.8. The molecule has 3 aliphatic rings. The molecule has 22 heavy (non-hydrogen) atoms. The molecule has 1 aromatic heterocycles. The zero-order valence-corrected chi connectivity index (χ0v) is 15.2. The van der Waals surface area contributed by atoms with Gasteiger partial charge in [0.15, 0.2) is 0 Å². The fourth-order valence-electron chi connectivity index (χ4n) is 3.65. The number of rotatable bonds is 3. The van der Waals surface area contributed by atoms with Crippen LogP contribution >= 0.6 is 22.6 Å². The Balaban J connectivity index is 1.74. The lowest BCUT2D eigenvalue weighted by Gasteiger charge is -2.51. The van der Waals surface area contributed by atoms with E-state index in [0.717, 1.165) is 42.1 Å². The summed E-state index contributed by atoms with van der Waals surface area (Å²) in [6.07, 6.45) is 9.12. The molecule has 3 fully saturated rings. The van der Waals surface area contributed by atoms with E-state index in [1.54, 1.807) is 10.9 Å². The molecule has 4 rings (SSSR count). The van der Waals surface area contributed by atoms with E-state index in [1.165, 1.54) is 0 Å². The van der Waals surface area contributed by atoms with E-state index in [0.29, 0.717) is 0 Å². The normalized spacial score (nSPS) is 30.8. The first-order valence-corrected chi connectivity index (χ1v) is 8.83. The van der Waals surface area contributed by atoms with Crippen LogP contribution < -0.4 is 5.32 Å².